The van der Waals surface area contributed by atoms with Gasteiger partial charge in [-0.05, 0) is 54.8 Å². The summed E-state index contributed by atoms with van der Waals surface area (Å²) in [5, 5.41) is 3.03. The van der Waals surface area contributed by atoms with Crippen LogP contribution in [0.3, 0.4) is 0 Å². The van der Waals surface area contributed by atoms with Gasteiger partial charge in [0.2, 0.25) is 0 Å². The number of hydrogen-bond donors (Lipinski definition) is 1. The number of anilines is 1. The summed E-state index contributed by atoms with van der Waals surface area (Å²) in [6.45, 7) is 6.23. The van der Waals surface area contributed by atoms with Gasteiger partial charge in [0.1, 0.15) is 5.75 Å². The van der Waals surface area contributed by atoms with Gasteiger partial charge in [0.25, 0.3) is 0 Å². The van der Waals surface area contributed by atoms with Crippen LogP contribution in [0.5, 0.6) is 5.75 Å². The first-order valence-corrected chi connectivity index (χ1v) is 8.97. The number of nitrogens with zero attached hydrogens (tertiary/aromatic N) is 3. The minimum atomic E-state index is -0.0379. The van der Waals surface area contributed by atoms with Crippen molar-refractivity contribution in [3.8, 4) is 5.75 Å². The maximum atomic E-state index is 12.6. The van der Waals surface area contributed by atoms with Crippen molar-refractivity contribution >= 4 is 11.7 Å². The third-order valence-electron chi connectivity index (χ3n) is 4.71. The van der Waals surface area contributed by atoms with Gasteiger partial charge in [0.15, 0.2) is 0 Å². The summed E-state index contributed by atoms with van der Waals surface area (Å²) < 4.78 is 5.22. The van der Waals surface area contributed by atoms with Crippen LogP contribution < -0.4 is 10.1 Å². The Morgan fingerprint density at radius 2 is 1.96 bits per heavy atom. The van der Waals surface area contributed by atoms with Crippen LogP contribution >= 0.6 is 0 Å². The minimum Gasteiger partial charge on any atom is -0.497 e. The largest absolute Gasteiger partial charge is 0.497 e. The predicted octanol–water partition coefficient (Wildman–Crippen LogP) is 3.14. The van der Waals surface area contributed by atoms with E-state index in [1.54, 1.807) is 7.11 Å². The van der Waals surface area contributed by atoms with Crippen molar-refractivity contribution in [2.24, 2.45) is 0 Å². The van der Waals surface area contributed by atoms with E-state index in [0.717, 1.165) is 56.1 Å². The molecule has 1 fully saturated rings. The number of rotatable bonds is 4. The average molecular weight is 354 g/mol. The number of nitrogens with one attached hydrogen (secondary N) is 1. The highest BCUT2D eigenvalue weighted by atomic mass is 16.5. The summed E-state index contributed by atoms with van der Waals surface area (Å²) in [4.78, 5) is 21.0. The number of aromatic nitrogens is 1. The molecule has 1 aliphatic heterocycles. The Kier molecular flexibility index (Phi) is 6.07. The number of methoxy groups -OCH3 is 1. The van der Waals surface area contributed by atoms with E-state index in [9.17, 15) is 4.79 Å². The van der Waals surface area contributed by atoms with E-state index in [4.69, 9.17) is 4.74 Å². The molecule has 6 nitrogen and oxygen atoms in total. The Bertz CT molecular complexity index is 736. The molecule has 1 aromatic heterocycles. The first-order chi connectivity index (χ1) is 12.7. The Labute approximate surface area is 154 Å². The topological polar surface area (TPSA) is 57.7 Å². The van der Waals surface area contributed by atoms with Gasteiger partial charge in [-0.25, -0.2) is 4.79 Å². The number of carbonyl (C=O) groups excluding carboxylic acids is 1. The lowest BCUT2D eigenvalue weighted by Crippen LogP contribution is -2.38. The first-order valence-electron chi connectivity index (χ1n) is 8.97. The number of amides is 2. The van der Waals surface area contributed by atoms with Crippen LogP contribution in [0.4, 0.5) is 10.5 Å². The van der Waals surface area contributed by atoms with Gasteiger partial charge >= 0.3 is 6.03 Å². The lowest BCUT2D eigenvalue weighted by atomic mass is 10.2. The van der Waals surface area contributed by atoms with E-state index >= 15 is 0 Å². The lowest BCUT2D eigenvalue weighted by molar-refractivity contribution is 0.211. The summed E-state index contributed by atoms with van der Waals surface area (Å²) in [5.41, 5.74) is 3.08. The third kappa shape index (κ3) is 4.73. The van der Waals surface area contributed by atoms with Crippen LogP contribution in [0.15, 0.2) is 42.7 Å². The highest BCUT2D eigenvalue weighted by molar-refractivity contribution is 5.90. The predicted molar refractivity (Wildman–Crippen MR) is 102 cm³/mol. The van der Waals surface area contributed by atoms with Crippen LogP contribution in [0.1, 0.15) is 17.5 Å². The van der Waals surface area contributed by atoms with Crippen LogP contribution in [0, 0.1) is 6.92 Å². The number of hydrogen-bond acceptors (Lipinski definition) is 4. The molecule has 2 heterocycles. The molecule has 138 valence electrons. The molecule has 0 bridgehead atoms. The molecule has 0 saturated carbocycles. The highest BCUT2D eigenvalue weighted by Gasteiger charge is 2.19. The highest BCUT2D eigenvalue weighted by Crippen LogP contribution is 2.21. The fraction of sp³-hybridized carbons (Fsp3) is 0.400. The molecule has 1 N–H and O–H groups in total. The monoisotopic (exact) mass is 354 g/mol. The number of benzene rings is 1. The van der Waals surface area contributed by atoms with E-state index in [1.807, 2.05) is 54.5 Å². The summed E-state index contributed by atoms with van der Waals surface area (Å²) in [5.74, 6) is 0.794. The Morgan fingerprint density at radius 3 is 2.69 bits per heavy atom. The second-order valence-corrected chi connectivity index (χ2v) is 6.58. The molecule has 0 atom stereocenters. The van der Waals surface area contributed by atoms with Gasteiger partial charge in [-0.1, -0.05) is 0 Å². The fourth-order valence-electron chi connectivity index (χ4n) is 3.18. The SMILES string of the molecule is COc1ccc(NC(=O)N2CCCN(Cc3ccncc3)CC2)c(C)c1. The standard InChI is InChI=1S/C20H26N4O2/c1-16-14-18(26-2)4-5-19(16)22-20(25)24-11-3-10-23(12-13-24)15-17-6-8-21-9-7-17/h4-9,14H,3,10-13,15H2,1-2H3,(H,22,25). The molecule has 0 aliphatic carbocycles. The number of carbonyl (C=O) groups is 1. The van der Waals surface area contributed by atoms with Crippen molar-refractivity contribution in [1.82, 2.24) is 14.8 Å². The Hall–Kier alpha value is -2.60. The van der Waals surface area contributed by atoms with E-state index in [-0.39, 0.29) is 6.03 Å². The van der Waals surface area contributed by atoms with Gasteiger partial charge in [0.05, 0.1) is 7.11 Å². The molecule has 1 aliphatic rings. The lowest BCUT2D eigenvalue weighted by Gasteiger charge is -2.23. The van der Waals surface area contributed by atoms with Gasteiger partial charge in [-0.2, -0.15) is 0 Å². The normalized spacial score (nSPS) is 15.4. The van der Waals surface area contributed by atoms with E-state index < -0.39 is 0 Å². The number of pyridine rings is 1. The van der Waals surface area contributed by atoms with E-state index in [0.29, 0.717) is 0 Å². The maximum absolute atomic E-state index is 12.6. The number of urea groups is 1. The van der Waals surface area contributed by atoms with Gasteiger partial charge < -0.3 is 15.0 Å². The molecular weight excluding hydrogens is 328 g/mol. The van der Waals surface area contributed by atoms with Gasteiger partial charge in [-0.15, -0.1) is 0 Å². The molecule has 0 unspecified atom stereocenters. The summed E-state index contributed by atoms with van der Waals surface area (Å²) in [6, 6.07) is 9.73. The van der Waals surface area contributed by atoms with Crippen LogP contribution in [-0.2, 0) is 6.54 Å². The maximum Gasteiger partial charge on any atom is 0.321 e. The van der Waals surface area contributed by atoms with Crippen LogP contribution in [-0.4, -0.2) is 54.1 Å². The smallest absolute Gasteiger partial charge is 0.321 e. The van der Waals surface area contributed by atoms with Gasteiger partial charge in [-0.3, -0.25) is 9.88 Å². The van der Waals surface area contributed by atoms with E-state index in [2.05, 4.69) is 15.2 Å². The fourth-order valence-corrected chi connectivity index (χ4v) is 3.18. The molecule has 1 saturated heterocycles. The molecule has 2 amide bonds. The second-order valence-electron chi connectivity index (χ2n) is 6.58. The molecular formula is C20H26N4O2. The number of aryl methyl sites for hydroxylation is 1. The minimum absolute atomic E-state index is 0.0379. The molecule has 2 aromatic rings. The van der Waals surface area contributed by atoms with Crippen LogP contribution in [0.25, 0.3) is 0 Å². The second kappa shape index (κ2) is 8.67. The van der Waals surface area contributed by atoms with Crippen molar-refractivity contribution < 1.29 is 9.53 Å². The molecule has 3 rings (SSSR count). The average Bonchev–Trinajstić information content (AvgIpc) is 2.90. The van der Waals surface area contributed by atoms with Crippen LogP contribution in [0.2, 0.25) is 0 Å². The molecule has 0 radical (unpaired) electrons. The summed E-state index contributed by atoms with van der Waals surface area (Å²) >= 11 is 0. The van der Waals surface area contributed by atoms with E-state index in [1.165, 1.54) is 5.56 Å². The Balaban J connectivity index is 1.56. The van der Waals surface area contributed by atoms with Crippen molar-refractivity contribution in [3.63, 3.8) is 0 Å². The Morgan fingerprint density at radius 1 is 1.15 bits per heavy atom. The zero-order chi connectivity index (χ0) is 18.4. The third-order valence-corrected chi connectivity index (χ3v) is 4.71. The van der Waals surface area contributed by atoms with Gasteiger partial charge in [0, 0.05) is 50.8 Å². The number of ether oxygens (including phenoxy) is 1. The van der Waals surface area contributed by atoms with Crippen molar-refractivity contribution in [2.45, 2.75) is 19.9 Å². The van der Waals surface area contributed by atoms with Crippen molar-refractivity contribution in [1.29, 1.82) is 0 Å². The first kappa shape index (κ1) is 18.2. The molecule has 6 heteroatoms. The summed E-state index contributed by atoms with van der Waals surface area (Å²) in [6.07, 6.45) is 4.62. The molecule has 0 spiro atoms. The summed E-state index contributed by atoms with van der Waals surface area (Å²) in [7, 11) is 1.64. The quantitative estimate of drug-likeness (QED) is 0.916. The zero-order valence-corrected chi connectivity index (χ0v) is 15.4. The molecule has 1 aromatic carbocycles. The van der Waals surface area contributed by atoms with Crippen molar-refractivity contribution in [2.75, 3.05) is 38.6 Å². The van der Waals surface area contributed by atoms with Crippen molar-refractivity contribution in [3.05, 3.63) is 53.9 Å². The molecule has 26 heavy (non-hydrogen) atoms. The zero-order valence-electron chi connectivity index (χ0n) is 15.4.